The lowest BCUT2D eigenvalue weighted by Crippen LogP contribution is -2.28. The van der Waals surface area contributed by atoms with Gasteiger partial charge in [0, 0.05) is 24.5 Å². The predicted molar refractivity (Wildman–Crippen MR) is 63.2 cm³/mol. The zero-order valence-electron chi connectivity index (χ0n) is 9.60. The number of aromatic nitrogens is 3. The fourth-order valence-corrected chi connectivity index (χ4v) is 1.52. The van der Waals surface area contributed by atoms with Gasteiger partial charge in [-0.2, -0.15) is 0 Å². The maximum atomic E-state index is 11.8. The molecular weight excluding hydrogens is 236 g/mol. The van der Waals surface area contributed by atoms with E-state index in [-0.39, 0.29) is 17.5 Å². The minimum atomic E-state index is -0.536. The first kappa shape index (κ1) is 11.9. The Bertz CT molecular complexity index is 603. The Morgan fingerprint density at radius 1 is 1.50 bits per heavy atom. The summed E-state index contributed by atoms with van der Waals surface area (Å²) in [5.41, 5.74) is -0.444. The molecule has 0 aliphatic carbocycles. The molecule has 0 aliphatic rings. The molecule has 94 valence electrons. The molecule has 1 atom stereocenters. The van der Waals surface area contributed by atoms with Crippen LogP contribution < -0.4 is 10.9 Å². The largest absolute Gasteiger partial charge is 0.494 e. The summed E-state index contributed by atoms with van der Waals surface area (Å²) < 4.78 is 0. The molecule has 2 rings (SSSR count). The van der Waals surface area contributed by atoms with Gasteiger partial charge in [0.2, 0.25) is 0 Å². The van der Waals surface area contributed by atoms with Gasteiger partial charge in [-0.15, -0.1) is 0 Å². The topological polar surface area (TPSA) is 111 Å². The maximum Gasteiger partial charge on any atom is 0.252 e. The number of carbonyl (C=O) groups excluding carboxylic acids is 1. The third kappa shape index (κ3) is 2.57. The Labute approximate surface area is 102 Å². The molecule has 0 saturated carbocycles. The number of aromatic amines is 2. The van der Waals surface area contributed by atoms with Gasteiger partial charge in [-0.25, -0.2) is 4.98 Å². The highest BCUT2D eigenvalue weighted by Gasteiger charge is 2.14. The average Bonchev–Trinajstić information content (AvgIpc) is 2.80. The second-order valence-electron chi connectivity index (χ2n) is 3.79. The molecule has 7 nitrogen and oxygen atoms in total. The summed E-state index contributed by atoms with van der Waals surface area (Å²) in [6, 6.07) is 1.98. The summed E-state index contributed by atoms with van der Waals surface area (Å²) in [6.45, 7) is 1.75. The highest BCUT2D eigenvalue weighted by Crippen LogP contribution is 2.09. The van der Waals surface area contributed by atoms with E-state index in [0.29, 0.717) is 5.82 Å². The number of aromatic hydroxyl groups is 1. The zero-order chi connectivity index (χ0) is 13.1. The number of nitrogens with zero attached hydrogens (tertiary/aromatic N) is 1. The van der Waals surface area contributed by atoms with Crippen molar-refractivity contribution < 1.29 is 9.90 Å². The van der Waals surface area contributed by atoms with Gasteiger partial charge in [0.1, 0.15) is 5.82 Å². The molecule has 1 unspecified atom stereocenters. The summed E-state index contributed by atoms with van der Waals surface area (Å²) in [5.74, 6) is -0.198. The highest BCUT2D eigenvalue weighted by atomic mass is 16.3. The average molecular weight is 248 g/mol. The van der Waals surface area contributed by atoms with Crippen LogP contribution in [-0.2, 0) is 0 Å². The van der Waals surface area contributed by atoms with Crippen LogP contribution in [0.3, 0.4) is 0 Å². The minimum Gasteiger partial charge on any atom is -0.494 e. The summed E-state index contributed by atoms with van der Waals surface area (Å²) in [5, 5.41) is 11.9. The molecule has 0 radical (unpaired) electrons. The molecule has 0 fully saturated rings. The summed E-state index contributed by atoms with van der Waals surface area (Å²) in [4.78, 5) is 32.0. The second-order valence-corrected chi connectivity index (χ2v) is 3.79. The molecule has 0 bridgehead atoms. The number of H-pyrrole nitrogens is 2. The number of nitrogens with one attached hydrogen (secondary N) is 3. The Morgan fingerprint density at radius 2 is 2.28 bits per heavy atom. The lowest BCUT2D eigenvalue weighted by Gasteiger charge is -2.11. The van der Waals surface area contributed by atoms with Crippen molar-refractivity contribution in [2.45, 2.75) is 13.0 Å². The van der Waals surface area contributed by atoms with E-state index in [9.17, 15) is 14.7 Å². The van der Waals surface area contributed by atoms with Crippen LogP contribution in [0.15, 0.2) is 29.3 Å². The van der Waals surface area contributed by atoms with Gasteiger partial charge in [0.25, 0.3) is 11.5 Å². The molecule has 2 aromatic rings. The van der Waals surface area contributed by atoms with Crippen molar-refractivity contribution in [3.63, 3.8) is 0 Å². The predicted octanol–water partition coefficient (Wildman–Crippen LogP) is 0.295. The van der Waals surface area contributed by atoms with Gasteiger partial charge >= 0.3 is 0 Å². The van der Waals surface area contributed by atoms with E-state index >= 15 is 0 Å². The first-order valence-electron chi connectivity index (χ1n) is 5.30. The molecule has 0 spiro atoms. The van der Waals surface area contributed by atoms with Crippen LogP contribution in [0.25, 0.3) is 0 Å². The molecule has 2 aromatic heterocycles. The van der Waals surface area contributed by atoms with Crippen molar-refractivity contribution in [3.05, 3.63) is 46.3 Å². The summed E-state index contributed by atoms with van der Waals surface area (Å²) in [7, 11) is 0. The molecule has 0 aliphatic heterocycles. The Balaban J connectivity index is 2.15. The fraction of sp³-hybridized carbons (Fsp3) is 0.182. The number of amides is 1. The van der Waals surface area contributed by atoms with Crippen LogP contribution in [0.5, 0.6) is 5.88 Å². The van der Waals surface area contributed by atoms with Crippen LogP contribution >= 0.6 is 0 Å². The van der Waals surface area contributed by atoms with E-state index in [1.807, 2.05) is 0 Å². The lowest BCUT2D eigenvalue weighted by atomic mass is 10.2. The van der Waals surface area contributed by atoms with Crippen molar-refractivity contribution in [2.75, 3.05) is 0 Å². The van der Waals surface area contributed by atoms with E-state index in [4.69, 9.17) is 0 Å². The van der Waals surface area contributed by atoms with Crippen LogP contribution in [0.2, 0.25) is 0 Å². The van der Waals surface area contributed by atoms with Crippen molar-refractivity contribution in [3.8, 4) is 5.88 Å². The first-order valence-corrected chi connectivity index (χ1v) is 5.30. The molecule has 7 heteroatoms. The number of hydrogen-bond acceptors (Lipinski definition) is 4. The van der Waals surface area contributed by atoms with Crippen molar-refractivity contribution in [2.24, 2.45) is 0 Å². The van der Waals surface area contributed by atoms with E-state index in [1.54, 1.807) is 19.3 Å². The molecule has 18 heavy (non-hydrogen) atoms. The van der Waals surface area contributed by atoms with Crippen LogP contribution in [-0.4, -0.2) is 26.0 Å². The molecule has 4 N–H and O–H groups in total. The third-order valence-corrected chi connectivity index (χ3v) is 2.37. The van der Waals surface area contributed by atoms with Gasteiger partial charge in [-0.05, 0) is 6.92 Å². The van der Waals surface area contributed by atoms with E-state index < -0.39 is 11.5 Å². The van der Waals surface area contributed by atoms with Crippen LogP contribution in [0, 0.1) is 0 Å². The standard InChI is InChI=1S/C11H12N4O3/c1-6(10-12-2-3-13-10)14-11(18)7-4-8(16)15-9(17)5-7/h2-6H,1H3,(H,12,13)(H,14,18)(H2,15,16,17). The first-order chi connectivity index (χ1) is 8.56. The number of hydrogen-bond donors (Lipinski definition) is 4. The van der Waals surface area contributed by atoms with Crippen LogP contribution in [0.1, 0.15) is 29.1 Å². The Morgan fingerprint density at radius 3 is 2.89 bits per heavy atom. The van der Waals surface area contributed by atoms with E-state index in [0.717, 1.165) is 6.07 Å². The van der Waals surface area contributed by atoms with Gasteiger partial charge in [0.05, 0.1) is 11.6 Å². The fourth-order valence-electron chi connectivity index (χ4n) is 1.52. The second kappa shape index (κ2) is 4.74. The molecular formula is C11H12N4O3. The monoisotopic (exact) mass is 248 g/mol. The van der Waals surface area contributed by atoms with E-state index in [1.165, 1.54) is 6.07 Å². The molecule has 0 saturated heterocycles. The third-order valence-electron chi connectivity index (χ3n) is 2.37. The van der Waals surface area contributed by atoms with Crippen molar-refractivity contribution in [1.82, 2.24) is 20.3 Å². The molecule has 2 heterocycles. The Hall–Kier alpha value is -2.57. The molecule has 1 amide bonds. The number of pyridine rings is 1. The van der Waals surface area contributed by atoms with Gasteiger partial charge in [-0.3, -0.25) is 14.6 Å². The summed E-state index contributed by atoms with van der Waals surface area (Å²) >= 11 is 0. The number of imidazole rings is 1. The van der Waals surface area contributed by atoms with E-state index in [2.05, 4.69) is 20.3 Å². The van der Waals surface area contributed by atoms with Crippen molar-refractivity contribution >= 4 is 5.91 Å². The number of carbonyl (C=O) groups is 1. The number of rotatable bonds is 3. The smallest absolute Gasteiger partial charge is 0.252 e. The molecule has 0 aromatic carbocycles. The lowest BCUT2D eigenvalue weighted by molar-refractivity contribution is 0.0937. The summed E-state index contributed by atoms with van der Waals surface area (Å²) in [6.07, 6.45) is 3.23. The normalized spacial score (nSPS) is 12.1. The van der Waals surface area contributed by atoms with Gasteiger partial charge < -0.3 is 15.4 Å². The SMILES string of the molecule is CC(NC(=O)c1cc(O)[nH]c(=O)c1)c1ncc[nH]1. The highest BCUT2D eigenvalue weighted by molar-refractivity contribution is 5.94. The zero-order valence-corrected chi connectivity index (χ0v) is 9.60. The van der Waals surface area contributed by atoms with Gasteiger partial charge in [0.15, 0.2) is 5.88 Å². The quantitative estimate of drug-likeness (QED) is 0.625. The minimum absolute atomic E-state index is 0.0923. The van der Waals surface area contributed by atoms with Crippen molar-refractivity contribution in [1.29, 1.82) is 0 Å². The maximum absolute atomic E-state index is 11.8. The van der Waals surface area contributed by atoms with Gasteiger partial charge in [-0.1, -0.05) is 0 Å². The van der Waals surface area contributed by atoms with Crippen LogP contribution in [0.4, 0.5) is 0 Å². The Kier molecular flexibility index (Phi) is 3.13.